The molecule has 8 nitrogen and oxygen atoms in total. The summed E-state index contributed by atoms with van der Waals surface area (Å²) < 4.78 is 6.28. The number of carboxylic acids is 1. The number of ether oxygens (including phenoxy) is 1. The quantitative estimate of drug-likeness (QED) is 0.432. The molecule has 1 aromatic heterocycles. The number of fused-ring (bicyclic) bond motifs is 2. The van der Waals surface area contributed by atoms with Crippen LogP contribution in [0, 0.1) is 18.3 Å². The first kappa shape index (κ1) is 27.8. The summed E-state index contributed by atoms with van der Waals surface area (Å²) in [6.07, 6.45) is 3.79. The fourth-order valence-electron chi connectivity index (χ4n) is 5.83. The maximum absolute atomic E-state index is 11.9. The Morgan fingerprint density at radius 2 is 2.03 bits per heavy atom. The van der Waals surface area contributed by atoms with Crippen LogP contribution in [0.15, 0.2) is 54.7 Å². The molecule has 2 aromatic carbocycles. The zero-order chi connectivity index (χ0) is 28.2. The largest absolute Gasteiger partial charge is 0.483 e. The zero-order valence-electron chi connectivity index (χ0n) is 22.4. The van der Waals surface area contributed by atoms with Crippen LogP contribution in [0.5, 0.6) is 5.88 Å². The summed E-state index contributed by atoms with van der Waals surface area (Å²) in [7, 11) is 0. The number of aromatic nitrogens is 1. The van der Waals surface area contributed by atoms with Gasteiger partial charge in [-0.2, -0.15) is 5.26 Å². The first-order valence-electron chi connectivity index (χ1n) is 13.0. The molecule has 2 heterocycles. The average Bonchev–Trinajstić information content (AvgIpc) is 3.25. The summed E-state index contributed by atoms with van der Waals surface area (Å²) in [5, 5.41) is 25.9. The second-order valence-electron chi connectivity index (χ2n) is 10.7. The molecule has 0 amide bonds. The monoisotopic (exact) mass is 527 g/mol. The molecule has 2 N–H and O–H groups in total. The highest BCUT2D eigenvalue weighted by Crippen LogP contribution is 2.42. The van der Waals surface area contributed by atoms with Gasteiger partial charge in [-0.05, 0) is 79.6 Å². The SMILES string of the molecule is Cc1cc(C#N)ccc1C(CC(=O)O)c1ccc2c(c1)C(N1Cc3cccnc3OC(C)(C)C1)CC2.O=CO. The van der Waals surface area contributed by atoms with Gasteiger partial charge < -0.3 is 14.9 Å². The summed E-state index contributed by atoms with van der Waals surface area (Å²) in [6.45, 7) is 7.43. The van der Waals surface area contributed by atoms with Gasteiger partial charge in [-0.15, -0.1) is 0 Å². The fraction of sp³-hybridized carbons (Fsp3) is 0.355. The number of nitriles is 1. The van der Waals surface area contributed by atoms with Crippen molar-refractivity contribution in [2.75, 3.05) is 6.54 Å². The van der Waals surface area contributed by atoms with E-state index in [2.05, 4.69) is 54.1 Å². The third-order valence-electron chi connectivity index (χ3n) is 7.39. The van der Waals surface area contributed by atoms with Crippen molar-refractivity contribution in [2.24, 2.45) is 0 Å². The number of carboxylic acid groups (broad SMARTS) is 2. The number of benzene rings is 2. The summed E-state index contributed by atoms with van der Waals surface area (Å²) in [5.41, 5.74) is 6.78. The van der Waals surface area contributed by atoms with E-state index >= 15 is 0 Å². The molecule has 2 aliphatic rings. The van der Waals surface area contributed by atoms with Crippen molar-refractivity contribution in [1.82, 2.24) is 9.88 Å². The summed E-state index contributed by atoms with van der Waals surface area (Å²) in [5.74, 6) is -0.415. The topological polar surface area (TPSA) is 124 Å². The van der Waals surface area contributed by atoms with Gasteiger partial charge in [0.15, 0.2) is 0 Å². The third-order valence-corrected chi connectivity index (χ3v) is 7.39. The lowest BCUT2D eigenvalue weighted by molar-refractivity contribution is -0.137. The number of carbonyl (C=O) groups is 2. The lowest BCUT2D eigenvalue weighted by Crippen LogP contribution is -2.41. The van der Waals surface area contributed by atoms with Crippen LogP contribution < -0.4 is 4.74 Å². The molecule has 0 bridgehead atoms. The Morgan fingerprint density at radius 1 is 1.26 bits per heavy atom. The number of hydrogen-bond donors (Lipinski definition) is 2. The third kappa shape index (κ3) is 6.27. The predicted octanol–water partition coefficient (Wildman–Crippen LogP) is 5.23. The molecule has 2 atom stereocenters. The predicted molar refractivity (Wildman–Crippen MR) is 146 cm³/mol. The van der Waals surface area contributed by atoms with Crippen LogP contribution in [0.25, 0.3) is 0 Å². The highest BCUT2D eigenvalue weighted by atomic mass is 16.5. The highest BCUT2D eigenvalue weighted by Gasteiger charge is 2.36. The van der Waals surface area contributed by atoms with Crippen molar-refractivity contribution in [2.45, 2.75) is 64.1 Å². The number of hydrogen-bond acceptors (Lipinski definition) is 6. The molecule has 0 spiro atoms. The number of rotatable bonds is 5. The van der Waals surface area contributed by atoms with E-state index < -0.39 is 5.97 Å². The Labute approximate surface area is 228 Å². The standard InChI is InChI=1S/C30H31N3O3.CH2O2/c1-19-13-20(16-31)6-10-24(19)25(15-28(34)35)22-8-7-21-9-11-27(26(21)14-22)33-17-23-5-4-12-32-29(23)36-30(2,3)18-33;2-1-3/h4-8,10,12-14,25,27H,9,11,15,17-18H2,1-3H3,(H,34,35);1H,(H,2,3). The van der Waals surface area contributed by atoms with Crippen molar-refractivity contribution in [3.05, 3.63) is 93.7 Å². The molecular formula is C31H33N3O5. The zero-order valence-corrected chi connectivity index (χ0v) is 22.4. The molecule has 0 saturated carbocycles. The van der Waals surface area contributed by atoms with E-state index in [9.17, 15) is 15.2 Å². The minimum Gasteiger partial charge on any atom is -0.483 e. The van der Waals surface area contributed by atoms with Gasteiger partial charge >= 0.3 is 5.97 Å². The van der Waals surface area contributed by atoms with Crippen LogP contribution in [-0.4, -0.2) is 44.7 Å². The second kappa shape index (κ2) is 11.7. The van der Waals surface area contributed by atoms with Crippen molar-refractivity contribution < 1.29 is 24.5 Å². The molecule has 8 heteroatoms. The molecule has 1 aliphatic carbocycles. The number of aliphatic carboxylic acids is 1. The van der Waals surface area contributed by atoms with Gasteiger partial charge in [-0.3, -0.25) is 14.5 Å². The van der Waals surface area contributed by atoms with E-state index in [1.54, 1.807) is 12.3 Å². The average molecular weight is 528 g/mol. The molecule has 202 valence electrons. The lowest BCUT2D eigenvalue weighted by Gasteiger charge is -2.34. The van der Waals surface area contributed by atoms with Gasteiger partial charge in [0.25, 0.3) is 6.47 Å². The molecule has 2 unspecified atom stereocenters. The molecule has 5 rings (SSSR count). The first-order chi connectivity index (χ1) is 18.7. The van der Waals surface area contributed by atoms with Gasteiger partial charge in [0.05, 0.1) is 18.1 Å². The van der Waals surface area contributed by atoms with E-state index in [0.29, 0.717) is 11.4 Å². The number of nitrogens with zero attached hydrogens (tertiary/aromatic N) is 3. The smallest absolute Gasteiger partial charge is 0.304 e. The van der Waals surface area contributed by atoms with E-state index in [-0.39, 0.29) is 30.5 Å². The Balaban J connectivity index is 0.00000112. The van der Waals surface area contributed by atoms with Crippen LogP contribution in [0.3, 0.4) is 0 Å². The molecule has 3 aromatic rings. The highest BCUT2D eigenvalue weighted by molar-refractivity contribution is 5.69. The summed E-state index contributed by atoms with van der Waals surface area (Å²) >= 11 is 0. The van der Waals surface area contributed by atoms with Gasteiger partial charge in [0.2, 0.25) is 5.88 Å². The van der Waals surface area contributed by atoms with Gasteiger partial charge in [0, 0.05) is 36.8 Å². The Bertz CT molecular complexity index is 1410. The van der Waals surface area contributed by atoms with Gasteiger partial charge in [0.1, 0.15) is 5.60 Å². The molecule has 1 aliphatic heterocycles. The Morgan fingerprint density at radius 3 is 2.72 bits per heavy atom. The molecule has 0 saturated heterocycles. The van der Waals surface area contributed by atoms with Crippen LogP contribution >= 0.6 is 0 Å². The summed E-state index contributed by atoms with van der Waals surface area (Å²) in [4.78, 5) is 27.2. The minimum atomic E-state index is -0.837. The van der Waals surface area contributed by atoms with Crippen LogP contribution in [0.4, 0.5) is 0 Å². The number of aryl methyl sites for hydroxylation is 2. The molecular weight excluding hydrogens is 494 g/mol. The van der Waals surface area contributed by atoms with Crippen molar-refractivity contribution in [3.8, 4) is 11.9 Å². The van der Waals surface area contributed by atoms with E-state index in [0.717, 1.165) is 48.2 Å². The first-order valence-corrected chi connectivity index (χ1v) is 13.0. The van der Waals surface area contributed by atoms with Crippen LogP contribution in [0.2, 0.25) is 0 Å². The van der Waals surface area contributed by atoms with Gasteiger partial charge in [-0.1, -0.05) is 30.3 Å². The van der Waals surface area contributed by atoms with E-state index in [4.69, 9.17) is 14.6 Å². The minimum absolute atomic E-state index is 0.000175. The van der Waals surface area contributed by atoms with Crippen LogP contribution in [0.1, 0.15) is 77.6 Å². The van der Waals surface area contributed by atoms with Crippen molar-refractivity contribution >= 4 is 12.4 Å². The van der Waals surface area contributed by atoms with Gasteiger partial charge in [-0.25, -0.2) is 4.98 Å². The maximum Gasteiger partial charge on any atom is 0.304 e. The Hall–Kier alpha value is -4.22. The normalized spacial score (nSPS) is 18.2. The number of pyridine rings is 1. The fourth-order valence-corrected chi connectivity index (χ4v) is 5.83. The molecule has 39 heavy (non-hydrogen) atoms. The maximum atomic E-state index is 11.9. The van der Waals surface area contributed by atoms with E-state index in [1.165, 1.54) is 11.1 Å². The molecule has 0 fully saturated rings. The second-order valence-corrected chi connectivity index (χ2v) is 10.7. The van der Waals surface area contributed by atoms with Crippen molar-refractivity contribution in [3.63, 3.8) is 0 Å². The van der Waals surface area contributed by atoms with E-state index in [1.807, 2.05) is 25.1 Å². The lowest BCUT2D eigenvalue weighted by atomic mass is 9.84. The van der Waals surface area contributed by atoms with Crippen molar-refractivity contribution in [1.29, 1.82) is 5.26 Å². The molecule has 0 radical (unpaired) electrons. The van der Waals surface area contributed by atoms with Crippen LogP contribution in [-0.2, 0) is 22.6 Å². The Kier molecular flexibility index (Phi) is 8.32. The summed E-state index contributed by atoms with van der Waals surface area (Å²) in [6, 6.07) is 18.4.